The van der Waals surface area contributed by atoms with Crippen molar-refractivity contribution < 1.29 is 14.9 Å². The van der Waals surface area contributed by atoms with Crippen LogP contribution in [-0.2, 0) is 4.74 Å². The van der Waals surface area contributed by atoms with Crippen LogP contribution in [0.3, 0.4) is 0 Å². The number of unbranched alkanes of at least 4 members (excludes halogenated alkanes) is 17. The number of aliphatic hydroxyl groups excluding tert-OH is 2. The van der Waals surface area contributed by atoms with Gasteiger partial charge >= 0.3 is 0 Å². The zero-order chi connectivity index (χ0) is 26.0. The molecule has 0 aromatic carbocycles. The first kappa shape index (κ1) is 34.9. The van der Waals surface area contributed by atoms with E-state index in [1.54, 1.807) is 7.11 Å². The quantitative estimate of drug-likeness (QED) is 0.106. The van der Waals surface area contributed by atoms with Crippen LogP contribution in [0.25, 0.3) is 0 Å². The van der Waals surface area contributed by atoms with Gasteiger partial charge in [0.05, 0.1) is 18.3 Å². The molecule has 0 spiro atoms. The minimum atomic E-state index is -0.351. The van der Waals surface area contributed by atoms with Gasteiger partial charge in [-0.1, -0.05) is 143 Å². The summed E-state index contributed by atoms with van der Waals surface area (Å²) in [6.45, 7) is 6.73. The van der Waals surface area contributed by atoms with Gasteiger partial charge in [-0.25, -0.2) is 0 Å². The molecule has 35 heavy (non-hydrogen) atoms. The third-order valence-electron chi connectivity index (χ3n) is 7.97. The molecule has 0 aromatic rings. The number of rotatable bonds is 28. The highest BCUT2D eigenvalue weighted by molar-refractivity contribution is 4.67. The largest absolute Gasteiger partial charge is 0.393 e. The zero-order valence-electron chi connectivity index (χ0n) is 24.6. The molecule has 0 saturated heterocycles. The van der Waals surface area contributed by atoms with Gasteiger partial charge in [-0.05, 0) is 38.0 Å². The number of hydrogen-bond donors (Lipinski definition) is 2. The minimum Gasteiger partial charge on any atom is -0.393 e. The Morgan fingerprint density at radius 1 is 0.514 bits per heavy atom. The molecule has 0 unspecified atom stereocenters. The Balaban J connectivity index is 3.37. The van der Waals surface area contributed by atoms with Crippen molar-refractivity contribution in [1.29, 1.82) is 0 Å². The van der Waals surface area contributed by atoms with Crippen molar-refractivity contribution in [2.45, 2.75) is 193 Å². The molecular weight excluding hydrogens is 432 g/mol. The van der Waals surface area contributed by atoms with Crippen LogP contribution >= 0.6 is 0 Å². The molecule has 0 aromatic heterocycles. The van der Waals surface area contributed by atoms with Gasteiger partial charge in [-0.3, -0.25) is 0 Å². The minimum absolute atomic E-state index is 0.335. The van der Waals surface area contributed by atoms with Crippen LogP contribution in [0.1, 0.15) is 175 Å². The molecule has 0 aliphatic rings. The first-order valence-corrected chi connectivity index (χ1v) is 15.9. The van der Waals surface area contributed by atoms with Crippen molar-refractivity contribution in [2.24, 2.45) is 5.92 Å². The number of hydrogen-bond acceptors (Lipinski definition) is 3. The van der Waals surface area contributed by atoms with E-state index in [9.17, 15) is 10.2 Å². The van der Waals surface area contributed by atoms with Crippen LogP contribution in [0, 0.1) is 5.92 Å². The van der Waals surface area contributed by atoms with Crippen LogP contribution in [0.2, 0.25) is 0 Å². The van der Waals surface area contributed by atoms with E-state index in [0.717, 1.165) is 44.9 Å². The predicted octanol–water partition coefficient (Wildman–Crippen LogP) is 9.76. The van der Waals surface area contributed by atoms with Crippen LogP contribution in [0.5, 0.6) is 0 Å². The summed E-state index contributed by atoms with van der Waals surface area (Å²) in [6.07, 6.45) is 29.7. The number of aliphatic hydroxyl groups is 2. The van der Waals surface area contributed by atoms with Crippen LogP contribution in [-0.4, -0.2) is 35.6 Å². The first-order chi connectivity index (χ1) is 17.0. The average Bonchev–Trinajstić information content (AvgIpc) is 2.84. The second-order valence-electron chi connectivity index (χ2n) is 11.4. The van der Waals surface area contributed by atoms with E-state index in [1.807, 2.05) is 0 Å². The van der Waals surface area contributed by atoms with Gasteiger partial charge in [-0.15, -0.1) is 0 Å². The van der Waals surface area contributed by atoms with Crippen molar-refractivity contribution in [1.82, 2.24) is 0 Å². The molecule has 0 saturated carbocycles. The monoisotopic (exact) mass is 499 g/mol. The Hall–Kier alpha value is -0.120. The van der Waals surface area contributed by atoms with Gasteiger partial charge in [0.2, 0.25) is 0 Å². The van der Waals surface area contributed by atoms with Crippen LogP contribution in [0.15, 0.2) is 0 Å². The number of ether oxygens (including phenoxy) is 1. The number of methoxy groups -OCH3 is 1. The third kappa shape index (κ3) is 24.0. The van der Waals surface area contributed by atoms with Gasteiger partial charge in [0.25, 0.3) is 0 Å². The Morgan fingerprint density at radius 3 is 1.23 bits per heavy atom. The van der Waals surface area contributed by atoms with Gasteiger partial charge in [0.15, 0.2) is 0 Å². The average molecular weight is 499 g/mol. The van der Waals surface area contributed by atoms with Gasteiger partial charge in [0.1, 0.15) is 0 Å². The van der Waals surface area contributed by atoms with Gasteiger partial charge in [-0.2, -0.15) is 0 Å². The summed E-state index contributed by atoms with van der Waals surface area (Å²) in [5.74, 6) is 0.576. The highest BCUT2D eigenvalue weighted by Crippen LogP contribution is 2.20. The second-order valence-corrected chi connectivity index (χ2v) is 11.4. The van der Waals surface area contributed by atoms with E-state index in [0.29, 0.717) is 18.4 Å². The maximum Gasteiger partial charge on any atom is 0.0594 e. The van der Waals surface area contributed by atoms with Crippen molar-refractivity contribution in [3.8, 4) is 0 Å². The maximum absolute atomic E-state index is 10.2. The molecule has 0 heterocycles. The van der Waals surface area contributed by atoms with E-state index in [-0.39, 0.29) is 12.2 Å². The van der Waals surface area contributed by atoms with Gasteiger partial charge in [0, 0.05) is 7.11 Å². The SMILES string of the molecule is CCCCCCCCCCCCCCCCCCC[C@@H](O)C[C@H](O)CCCC[C@H](C)[C@@H](CC)OC. The summed E-state index contributed by atoms with van der Waals surface area (Å²) >= 11 is 0. The lowest BCUT2D eigenvalue weighted by Crippen LogP contribution is -2.20. The van der Waals surface area contributed by atoms with Crippen LogP contribution in [0.4, 0.5) is 0 Å². The normalized spacial score (nSPS) is 15.3. The Morgan fingerprint density at radius 2 is 0.857 bits per heavy atom. The molecule has 3 heteroatoms. The molecule has 4 atom stereocenters. The lowest BCUT2D eigenvalue weighted by Gasteiger charge is -2.21. The molecule has 0 radical (unpaired) electrons. The van der Waals surface area contributed by atoms with Crippen molar-refractivity contribution >= 4 is 0 Å². The topological polar surface area (TPSA) is 49.7 Å². The van der Waals surface area contributed by atoms with Crippen molar-refractivity contribution in [3.05, 3.63) is 0 Å². The highest BCUT2D eigenvalue weighted by atomic mass is 16.5. The smallest absolute Gasteiger partial charge is 0.0594 e. The molecule has 0 aliphatic carbocycles. The summed E-state index contributed by atoms with van der Waals surface area (Å²) in [7, 11) is 1.80. The molecule has 0 rings (SSSR count). The van der Waals surface area contributed by atoms with Gasteiger partial charge < -0.3 is 14.9 Å². The van der Waals surface area contributed by atoms with E-state index in [1.165, 1.54) is 103 Å². The fourth-order valence-electron chi connectivity index (χ4n) is 5.49. The van der Waals surface area contributed by atoms with Crippen LogP contribution < -0.4 is 0 Å². The maximum atomic E-state index is 10.2. The Kier molecular flexibility index (Phi) is 26.8. The lowest BCUT2D eigenvalue weighted by molar-refractivity contribution is 0.0495. The summed E-state index contributed by atoms with van der Waals surface area (Å²) in [5, 5.41) is 20.5. The third-order valence-corrected chi connectivity index (χ3v) is 7.97. The first-order valence-electron chi connectivity index (χ1n) is 15.9. The second kappa shape index (κ2) is 26.9. The van der Waals surface area contributed by atoms with Crippen molar-refractivity contribution in [2.75, 3.05) is 7.11 Å². The molecule has 0 fully saturated rings. The predicted molar refractivity (Wildman–Crippen MR) is 154 cm³/mol. The molecule has 2 N–H and O–H groups in total. The summed E-state index contributed by atoms with van der Waals surface area (Å²) < 4.78 is 5.52. The lowest BCUT2D eigenvalue weighted by atomic mass is 9.94. The van der Waals surface area contributed by atoms with E-state index in [2.05, 4.69) is 20.8 Å². The molecule has 0 aliphatic heterocycles. The van der Waals surface area contributed by atoms with E-state index < -0.39 is 0 Å². The van der Waals surface area contributed by atoms with E-state index >= 15 is 0 Å². The Bertz CT molecular complexity index is 396. The molecule has 0 bridgehead atoms. The molecular formula is C32H66O3. The summed E-state index contributed by atoms with van der Waals surface area (Å²) in [4.78, 5) is 0. The molecule has 0 amide bonds. The molecule has 3 nitrogen and oxygen atoms in total. The zero-order valence-corrected chi connectivity index (χ0v) is 24.6. The van der Waals surface area contributed by atoms with E-state index in [4.69, 9.17) is 4.74 Å². The fourth-order valence-corrected chi connectivity index (χ4v) is 5.49. The molecule has 212 valence electrons. The standard InChI is InChI=1S/C32H66O3/c1-5-7-8-9-10-11-12-13-14-15-16-17-18-19-20-21-22-26-30(33)28-31(34)27-24-23-25-29(3)32(6-2)35-4/h29-34H,5-28H2,1-4H3/t29-,30+,31+,32+/m0/s1. The fraction of sp³-hybridized carbons (Fsp3) is 1.00. The summed E-state index contributed by atoms with van der Waals surface area (Å²) in [6, 6.07) is 0. The van der Waals surface area contributed by atoms with Crippen molar-refractivity contribution in [3.63, 3.8) is 0 Å². The summed E-state index contributed by atoms with van der Waals surface area (Å²) in [5.41, 5.74) is 0. The Labute approximate surface area is 221 Å². The highest BCUT2D eigenvalue weighted by Gasteiger charge is 2.15.